The zero-order chi connectivity index (χ0) is 33.3. The van der Waals surface area contributed by atoms with Crippen molar-refractivity contribution in [3.63, 3.8) is 0 Å². The molecule has 0 aliphatic heterocycles. The molecule has 0 bridgehead atoms. The van der Waals surface area contributed by atoms with Crippen LogP contribution in [0, 0.1) is 0 Å². The molecule has 14 heteroatoms. The number of nitrogens with zero attached hydrogens (tertiary/aromatic N) is 10. The molecule has 0 aromatic carbocycles. The van der Waals surface area contributed by atoms with Gasteiger partial charge in [0, 0.05) is 34.6 Å². The molecule has 0 radical (unpaired) electrons. The molecule has 2 aliphatic carbocycles. The largest absolute Gasteiger partial charge is 0.471 e. The highest BCUT2D eigenvalue weighted by molar-refractivity contribution is 6.30. The van der Waals surface area contributed by atoms with E-state index in [4.69, 9.17) is 43.7 Å². The van der Waals surface area contributed by atoms with Crippen LogP contribution in [0.3, 0.4) is 0 Å². The first kappa shape index (κ1) is 33.3. The average molecular weight is 664 g/mol. The number of ether oxygens (including phenoxy) is 2. The van der Waals surface area contributed by atoms with Crippen LogP contribution in [-0.4, -0.2) is 31.1 Å². The fourth-order valence-electron chi connectivity index (χ4n) is 5.04. The lowest BCUT2D eigenvalue weighted by Crippen LogP contribution is -2.19. The van der Waals surface area contributed by atoms with Gasteiger partial charge in [0.05, 0.1) is 21.9 Å². The first-order chi connectivity index (χ1) is 21.8. The Morgan fingerprint density at radius 1 is 0.696 bits per heavy atom. The van der Waals surface area contributed by atoms with Gasteiger partial charge in [0.25, 0.3) is 0 Å². The van der Waals surface area contributed by atoms with Crippen LogP contribution in [0.15, 0.2) is 47.1 Å². The number of hydrogen-bond donors (Lipinski definition) is 0. The van der Waals surface area contributed by atoms with Crippen molar-refractivity contribution in [2.75, 3.05) is 0 Å². The van der Waals surface area contributed by atoms with Crippen molar-refractivity contribution >= 4 is 44.7 Å². The van der Waals surface area contributed by atoms with Gasteiger partial charge in [0.15, 0.2) is 0 Å². The summed E-state index contributed by atoms with van der Waals surface area (Å²) in [7, 11) is 0. The highest BCUT2D eigenvalue weighted by Crippen LogP contribution is 2.44. The third kappa shape index (κ3) is 6.86. The summed E-state index contributed by atoms with van der Waals surface area (Å²) in [6.07, 6.45) is 12.1. The van der Waals surface area contributed by atoms with E-state index in [0.717, 1.165) is 58.4 Å². The molecule has 2 aliphatic rings. The quantitative estimate of drug-likeness (QED) is 0.0708. The maximum absolute atomic E-state index is 8.91. The van der Waals surface area contributed by atoms with Crippen molar-refractivity contribution in [3.05, 3.63) is 79.2 Å². The first-order valence-electron chi connectivity index (χ1n) is 15.2. The maximum Gasteiger partial charge on any atom is 0.223 e. The molecule has 12 nitrogen and oxygen atoms in total. The minimum atomic E-state index is -0.702. The highest BCUT2D eigenvalue weighted by atomic mass is 35.5. The number of fused-ring (bicyclic) bond motifs is 2. The molecule has 240 valence electrons. The van der Waals surface area contributed by atoms with Gasteiger partial charge in [-0.25, -0.2) is 19.9 Å². The van der Waals surface area contributed by atoms with E-state index in [9.17, 15) is 0 Å². The fourth-order valence-corrected chi connectivity index (χ4v) is 5.36. The first-order valence-corrected chi connectivity index (χ1v) is 16.0. The van der Waals surface area contributed by atoms with E-state index in [2.05, 4.69) is 53.8 Å². The van der Waals surface area contributed by atoms with E-state index >= 15 is 0 Å². The van der Waals surface area contributed by atoms with Crippen molar-refractivity contribution in [1.29, 1.82) is 0 Å². The minimum absolute atomic E-state index is 0.139. The Morgan fingerprint density at radius 2 is 1.07 bits per heavy atom. The van der Waals surface area contributed by atoms with Gasteiger partial charge < -0.3 is 9.47 Å². The Kier molecular flexibility index (Phi) is 9.12. The summed E-state index contributed by atoms with van der Waals surface area (Å²) >= 11 is 12.2. The molecule has 46 heavy (non-hydrogen) atoms. The second-order valence-corrected chi connectivity index (χ2v) is 13.6. The Bertz CT molecular complexity index is 1760. The molecular formula is C32H36Cl2N10O2. The fraction of sp³-hybridized carbons (Fsp3) is 0.500. The molecule has 2 fully saturated rings. The van der Waals surface area contributed by atoms with Gasteiger partial charge in [-0.05, 0) is 111 Å². The van der Waals surface area contributed by atoms with E-state index in [1.807, 2.05) is 27.7 Å². The van der Waals surface area contributed by atoms with Gasteiger partial charge in [-0.2, -0.15) is 0 Å². The summed E-state index contributed by atoms with van der Waals surface area (Å²) in [6, 6.07) is 3.55. The normalized spacial score (nSPS) is 18.1. The monoisotopic (exact) mass is 662 g/mol. The average Bonchev–Trinajstić information content (AvgIpc) is 3.95. The third-order valence-electron chi connectivity index (χ3n) is 9.07. The van der Waals surface area contributed by atoms with Crippen molar-refractivity contribution in [2.24, 2.45) is 10.2 Å². The molecule has 0 amide bonds. The Hall–Kier alpha value is -4.08. The Morgan fingerprint density at radius 3 is 1.37 bits per heavy atom. The van der Waals surface area contributed by atoms with E-state index < -0.39 is 11.1 Å². The lowest BCUT2D eigenvalue weighted by molar-refractivity contribution is 0.194. The van der Waals surface area contributed by atoms with Crippen molar-refractivity contribution in [3.8, 4) is 11.8 Å². The number of hydrogen-bond acceptors (Lipinski definition) is 8. The molecule has 4 aromatic rings. The molecule has 4 heterocycles. The molecule has 0 spiro atoms. The number of azide groups is 2. The predicted molar refractivity (Wildman–Crippen MR) is 179 cm³/mol. The summed E-state index contributed by atoms with van der Waals surface area (Å²) < 4.78 is 12.1. The SMILES string of the molecule is CC[C@@](C)(N=[N+]=[N-])c1cnc(OC2(C)CC2)c2cnc(Cl)cc12.CC[C@](C)(N=[N+]=[N-])c1cnc(OC2(C)CC2)c2cnc(Cl)cc12. The summed E-state index contributed by atoms with van der Waals surface area (Å²) in [5.74, 6) is 1.10. The summed E-state index contributed by atoms with van der Waals surface area (Å²) in [4.78, 5) is 23.2. The Labute approximate surface area is 277 Å². The minimum Gasteiger partial charge on any atom is -0.471 e. The van der Waals surface area contributed by atoms with Crippen LogP contribution in [0.4, 0.5) is 0 Å². The zero-order valence-corrected chi connectivity index (χ0v) is 28.3. The van der Waals surface area contributed by atoms with Gasteiger partial charge in [-0.1, -0.05) is 47.3 Å². The van der Waals surface area contributed by atoms with Crippen LogP contribution in [0.25, 0.3) is 42.4 Å². The molecule has 2 atom stereocenters. The van der Waals surface area contributed by atoms with E-state index in [1.54, 1.807) is 36.9 Å². The summed E-state index contributed by atoms with van der Waals surface area (Å²) in [6.45, 7) is 11.8. The third-order valence-corrected chi connectivity index (χ3v) is 9.48. The molecule has 0 N–H and O–H groups in total. The van der Waals surface area contributed by atoms with Gasteiger partial charge in [-0.15, -0.1) is 0 Å². The van der Waals surface area contributed by atoms with Gasteiger partial charge in [0.1, 0.15) is 21.5 Å². The highest BCUT2D eigenvalue weighted by Gasteiger charge is 2.42. The maximum atomic E-state index is 8.91. The molecule has 2 saturated carbocycles. The van der Waals surface area contributed by atoms with Crippen molar-refractivity contribution in [1.82, 2.24) is 19.9 Å². The van der Waals surface area contributed by atoms with Crippen LogP contribution in [-0.2, 0) is 11.1 Å². The van der Waals surface area contributed by atoms with Gasteiger partial charge >= 0.3 is 0 Å². The van der Waals surface area contributed by atoms with Crippen molar-refractivity contribution in [2.45, 2.75) is 102 Å². The van der Waals surface area contributed by atoms with E-state index in [0.29, 0.717) is 34.9 Å². The Balaban J connectivity index is 0.000000181. The second-order valence-electron chi connectivity index (χ2n) is 12.8. The van der Waals surface area contributed by atoms with Crippen molar-refractivity contribution < 1.29 is 9.47 Å². The zero-order valence-electron chi connectivity index (χ0n) is 26.8. The van der Waals surface area contributed by atoms with Crippen LogP contribution in [0.5, 0.6) is 11.8 Å². The molecular weight excluding hydrogens is 627 g/mol. The van der Waals surface area contributed by atoms with Crippen LogP contribution >= 0.6 is 23.2 Å². The predicted octanol–water partition coefficient (Wildman–Crippen LogP) is 10.3. The van der Waals surface area contributed by atoms with Gasteiger partial charge in [-0.3, -0.25) is 0 Å². The van der Waals surface area contributed by atoms with Gasteiger partial charge in [0.2, 0.25) is 11.8 Å². The topological polar surface area (TPSA) is 168 Å². The lowest BCUT2D eigenvalue weighted by atomic mass is 9.88. The molecule has 6 rings (SSSR count). The summed E-state index contributed by atoms with van der Waals surface area (Å²) in [5.41, 5.74) is 17.8. The second kappa shape index (κ2) is 12.6. The molecule has 4 aromatic heterocycles. The van der Waals surface area contributed by atoms with E-state index in [-0.39, 0.29) is 11.2 Å². The van der Waals surface area contributed by atoms with Crippen LogP contribution < -0.4 is 9.47 Å². The summed E-state index contributed by atoms with van der Waals surface area (Å²) in [5, 5.41) is 12.0. The standard InChI is InChI=1S/2C16H18ClN5O/c2*1-4-16(3,21-22-18)12-9-20-14(23-15(2)5-6-15)11-8-19-13(17)7-10(11)12/h2*7-9H,4-6H2,1-3H3/t2*16-/m10/s1. The smallest absolute Gasteiger partial charge is 0.223 e. The van der Waals surface area contributed by atoms with E-state index in [1.165, 1.54) is 0 Å². The lowest BCUT2D eigenvalue weighted by Gasteiger charge is -2.25. The molecule has 0 saturated heterocycles. The van der Waals surface area contributed by atoms with Crippen LogP contribution in [0.1, 0.15) is 91.2 Å². The molecule has 0 unspecified atom stereocenters. The number of aromatic nitrogens is 4. The number of halogens is 2. The van der Waals surface area contributed by atoms with Crippen LogP contribution in [0.2, 0.25) is 10.3 Å². The number of pyridine rings is 4. The number of rotatable bonds is 10.